The van der Waals surface area contributed by atoms with Crippen molar-refractivity contribution in [3.05, 3.63) is 34.7 Å². The van der Waals surface area contributed by atoms with E-state index in [4.69, 9.17) is 0 Å². The quantitative estimate of drug-likeness (QED) is 0.875. The van der Waals surface area contributed by atoms with Crippen LogP contribution in [0.1, 0.15) is 12.1 Å². The van der Waals surface area contributed by atoms with Crippen molar-refractivity contribution < 1.29 is 5.11 Å². The predicted molar refractivity (Wildman–Crippen MR) is 67.5 cm³/mol. The monoisotopic (exact) mass is 293 g/mol. The van der Waals surface area contributed by atoms with E-state index in [2.05, 4.69) is 30.5 Å². The molecule has 5 heteroatoms. The van der Waals surface area contributed by atoms with Crippen molar-refractivity contribution in [2.75, 3.05) is 0 Å². The van der Waals surface area contributed by atoms with Gasteiger partial charge in [0.25, 0.3) is 0 Å². The van der Waals surface area contributed by atoms with Crippen LogP contribution in [0.5, 0.6) is 0 Å². The summed E-state index contributed by atoms with van der Waals surface area (Å²) in [4.78, 5) is 8.83. The van der Waals surface area contributed by atoms with E-state index in [-0.39, 0.29) is 6.10 Å². The van der Waals surface area contributed by atoms with Crippen molar-refractivity contribution in [1.29, 1.82) is 0 Å². The lowest BCUT2D eigenvalue weighted by Gasteiger charge is -2.21. The number of fused-ring (bicyclic) bond motifs is 1. The van der Waals surface area contributed by atoms with Crippen LogP contribution < -0.4 is 0 Å². The molecule has 1 N–H and O–H groups in total. The summed E-state index contributed by atoms with van der Waals surface area (Å²) in [5.41, 5.74) is 1.93. The summed E-state index contributed by atoms with van der Waals surface area (Å²) in [5, 5.41) is 9.68. The molecule has 2 aromatic heterocycles. The Morgan fingerprint density at radius 2 is 2.29 bits per heavy atom. The molecule has 4 nitrogen and oxygen atoms in total. The Morgan fingerprint density at radius 3 is 3.06 bits per heavy atom. The van der Waals surface area contributed by atoms with Crippen LogP contribution in [0.2, 0.25) is 0 Å². The second kappa shape index (κ2) is 4.23. The number of aromatic nitrogens is 3. The Kier molecular flexibility index (Phi) is 2.72. The zero-order valence-electron chi connectivity index (χ0n) is 9.17. The molecule has 0 saturated carbocycles. The highest BCUT2D eigenvalue weighted by atomic mass is 79.9. The summed E-state index contributed by atoms with van der Waals surface area (Å²) in [6.07, 6.45) is 2.94. The fourth-order valence-electron chi connectivity index (χ4n) is 2.19. The number of aliphatic hydroxyl groups is 1. The van der Waals surface area contributed by atoms with Crippen molar-refractivity contribution in [2.24, 2.45) is 0 Å². The number of hydrogen-bond acceptors (Lipinski definition) is 3. The summed E-state index contributed by atoms with van der Waals surface area (Å²) in [6, 6.07) is 5.80. The average molecular weight is 294 g/mol. The summed E-state index contributed by atoms with van der Waals surface area (Å²) < 4.78 is 2.95. The van der Waals surface area contributed by atoms with Gasteiger partial charge in [-0.3, -0.25) is 4.98 Å². The molecule has 3 rings (SSSR count). The predicted octanol–water partition coefficient (Wildman–Crippen LogP) is 2.01. The molecule has 1 atom stereocenters. The molecule has 1 aliphatic rings. The fourth-order valence-corrected chi connectivity index (χ4v) is 2.73. The Morgan fingerprint density at radius 1 is 1.41 bits per heavy atom. The van der Waals surface area contributed by atoms with Crippen LogP contribution in [0, 0.1) is 0 Å². The van der Waals surface area contributed by atoms with E-state index < -0.39 is 0 Å². The van der Waals surface area contributed by atoms with Crippen molar-refractivity contribution in [3.8, 4) is 11.5 Å². The molecule has 0 spiro atoms. The van der Waals surface area contributed by atoms with Crippen LogP contribution in [0.15, 0.2) is 29.0 Å². The summed E-state index contributed by atoms with van der Waals surface area (Å²) in [7, 11) is 0. The maximum atomic E-state index is 9.68. The van der Waals surface area contributed by atoms with E-state index in [1.165, 1.54) is 0 Å². The SMILES string of the molecule is OC1CCn2c(-c3ccccn3)nc(Br)c2C1. The van der Waals surface area contributed by atoms with E-state index in [0.717, 1.165) is 34.8 Å². The van der Waals surface area contributed by atoms with Gasteiger partial charge in [-0.25, -0.2) is 4.98 Å². The van der Waals surface area contributed by atoms with E-state index >= 15 is 0 Å². The molecule has 88 valence electrons. The van der Waals surface area contributed by atoms with Crippen molar-refractivity contribution in [1.82, 2.24) is 14.5 Å². The molecule has 17 heavy (non-hydrogen) atoms. The number of aliphatic hydroxyl groups excluding tert-OH is 1. The minimum atomic E-state index is -0.257. The Labute approximate surface area is 107 Å². The number of imidazole rings is 1. The molecule has 0 fully saturated rings. The van der Waals surface area contributed by atoms with Gasteiger partial charge >= 0.3 is 0 Å². The van der Waals surface area contributed by atoms with Crippen LogP contribution in [-0.2, 0) is 13.0 Å². The lowest BCUT2D eigenvalue weighted by Crippen LogP contribution is -2.23. The topological polar surface area (TPSA) is 50.9 Å². The molecule has 0 aliphatic carbocycles. The first-order valence-electron chi connectivity index (χ1n) is 5.60. The smallest absolute Gasteiger partial charge is 0.160 e. The molecule has 0 aromatic carbocycles. The molecule has 0 radical (unpaired) electrons. The molecule has 0 bridgehead atoms. The number of nitrogens with zero attached hydrogens (tertiary/aromatic N) is 3. The van der Waals surface area contributed by atoms with Gasteiger partial charge in [-0.15, -0.1) is 0 Å². The van der Waals surface area contributed by atoms with Crippen LogP contribution >= 0.6 is 15.9 Å². The van der Waals surface area contributed by atoms with Gasteiger partial charge in [0.2, 0.25) is 0 Å². The Hall–Kier alpha value is -1.20. The average Bonchev–Trinajstić information content (AvgIpc) is 2.68. The highest BCUT2D eigenvalue weighted by Gasteiger charge is 2.24. The first-order valence-corrected chi connectivity index (χ1v) is 6.39. The molecule has 3 heterocycles. The van der Waals surface area contributed by atoms with E-state index in [9.17, 15) is 5.11 Å². The van der Waals surface area contributed by atoms with Gasteiger partial charge in [0.05, 0.1) is 11.8 Å². The minimum Gasteiger partial charge on any atom is -0.393 e. The van der Waals surface area contributed by atoms with Gasteiger partial charge in [-0.1, -0.05) is 6.07 Å². The van der Waals surface area contributed by atoms with E-state index in [1.54, 1.807) is 6.20 Å². The van der Waals surface area contributed by atoms with Crippen molar-refractivity contribution >= 4 is 15.9 Å². The van der Waals surface area contributed by atoms with Gasteiger partial charge in [-0.2, -0.15) is 0 Å². The summed E-state index contributed by atoms with van der Waals surface area (Å²) in [6.45, 7) is 0.793. The molecule has 0 amide bonds. The Balaban J connectivity index is 2.11. The van der Waals surface area contributed by atoms with Crippen LogP contribution in [0.3, 0.4) is 0 Å². The zero-order chi connectivity index (χ0) is 11.8. The van der Waals surface area contributed by atoms with E-state index in [1.807, 2.05) is 18.2 Å². The lowest BCUT2D eigenvalue weighted by atomic mass is 10.1. The Bertz CT molecular complexity index is 538. The van der Waals surface area contributed by atoms with Gasteiger partial charge in [0, 0.05) is 19.2 Å². The van der Waals surface area contributed by atoms with Crippen LogP contribution in [0.4, 0.5) is 0 Å². The first kappa shape index (κ1) is 10.9. The third-order valence-electron chi connectivity index (χ3n) is 3.03. The van der Waals surface area contributed by atoms with Crippen molar-refractivity contribution in [2.45, 2.75) is 25.5 Å². The van der Waals surface area contributed by atoms with Gasteiger partial charge in [0.15, 0.2) is 5.82 Å². The van der Waals surface area contributed by atoms with Gasteiger partial charge in [0.1, 0.15) is 10.3 Å². The molecule has 1 aliphatic heterocycles. The maximum Gasteiger partial charge on any atom is 0.160 e. The largest absolute Gasteiger partial charge is 0.393 e. The number of pyridine rings is 1. The maximum absolute atomic E-state index is 9.68. The number of hydrogen-bond donors (Lipinski definition) is 1. The van der Waals surface area contributed by atoms with Crippen LogP contribution in [-0.4, -0.2) is 25.7 Å². The lowest BCUT2D eigenvalue weighted by molar-refractivity contribution is 0.143. The standard InChI is InChI=1S/C12H12BrN3O/c13-11-10-7-8(17)4-6-16(10)12(15-11)9-3-1-2-5-14-9/h1-3,5,8,17H,4,6-7H2. The van der Waals surface area contributed by atoms with Gasteiger partial charge in [-0.05, 0) is 34.5 Å². The number of halogens is 1. The van der Waals surface area contributed by atoms with Gasteiger partial charge < -0.3 is 9.67 Å². The third-order valence-corrected chi connectivity index (χ3v) is 3.67. The fraction of sp³-hybridized carbons (Fsp3) is 0.333. The number of rotatable bonds is 1. The minimum absolute atomic E-state index is 0.257. The van der Waals surface area contributed by atoms with Crippen LogP contribution in [0.25, 0.3) is 11.5 Å². The summed E-state index contributed by atoms with van der Waals surface area (Å²) in [5.74, 6) is 0.874. The highest BCUT2D eigenvalue weighted by molar-refractivity contribution is 9.10. The molecular formula is C12H12BrN3O. The normalized spacial score (nSPS) is 19.1. The van der Waals surface area contributed by atoms with E-state index in [0.29, 0.717) is 6.42 Å². The second-order valence-electron chi connectivity index (χ2n) is 4.19. The summed E-state index contributed by atoms with van der Waals surface area (Å²) >= 11 is 3.46. The zero-order valence-corrected chi connectivity index (χ0v) is 10.8. The highest BCUT2D eigenvalue weighted by Crippen LogP contribution is 2.29. The molecule has 1 unspecified atom stereocenters. The molecule has 0 saturated heterocycles. The molecular weight excluding hydrogens is 282 g/mol. The second-order valence-corrected chi connectivity index (χ2v) is 4.94. The first-order chi connectivity index (χ1) is 8.25. The van der Waals surface area contributed by atoms with Crippen molar-refractivity contribution in [3.63, 3.8) is 0 Å². The molecule has 2 aromatic rings. The third kappa shape index (κ3) is 1.89.